The van der Waals surface area contributed by atoms with Crippen molar-refractivity contribution in [3.63, 3.8) is 0 Å². The van der Waals surface area contributed by atoms with E-state index in [2.05, 4.69) is 0 Å². The first-order valence-corrected chi connectivity index (χ1v) is 3.78. The molecule has 0 aromatic rings. The Morgan fingerprint density at radius 3 is 1.50 bits per heavy atom. The van der Waals surface area contributed by atoms with E-state index in [-0.39, 0.29) is 7.43 Å². The molecule has 0 radical (unpaired) electrons. The summed E-state index contributed by atoms with van der Waals surface area (Å²) < 4.78 is 9.66. The maximum absolute atomic E-state index is 9.66. The average Bonchev–Trinajstić information content (AvgIpc) is 0.722. The van der Waals surface area contributed by atoms with Gasteiger partial charge in [-0.1, -0.05) is 7.43 Å². The molecular formula is C3H10O2P-. The zero-order chi connectivity index (χ0) is 4.50. The molecule has 40 valence electrons. The van der Waals surface area contributed by atoms with E-state index in [9.17, 15) is 9.46 Å². The molecule has 3 heteroatoms. The van der Waals surface area contributed by atoms with Gasteiger partial charge in [0.25, 0.3) is 0 Å². The van der Waals surface area contributed by atoms with Crippen molar-refractivity contribution in [2.24, 2.45) is 0 Å². The number of hydrogen-bond donors (Lipinski definition) is 0. The maximum Gasteiger partial charge on any atom is 0.00874 e. The number of hydrogen-bond acceptors (Lipinski definition) is 2. The van der Waals surface area contributed by atoms with Crippen molar-refractivity contribution in [1.29, 1.82) is 0 Å². The Balaban J connectivity index is 0. The fourth-order valence-corrected chi connectivity index (χ4v) is 0. The van der Waals surface area contributed by atoms with E-state index in [1.807, 2.05) is 0 Å². The Bertz CT molecular complexity index is 54.9. The molecule has 0 aliphatic carbocycles. The van der Waals surface area contributed by atoms with Gasteiger partial charge in [0.05, 0.1) is 0 Å². The molecule has 0 amide bonds. The van der Waals surface area contributed by atoms with Crippen LogP contribution in [0.3, 0.4) is 0 Å². The molecular weight excluding hydrogens is 99.0 g/mol. The summed E-state index contributed by atoms with van der Waals surface area (Å²) in [6.45, 7) is 2.38. The van der Waals surface area contributed by atoms with Gasteiger partial charge in [0.1, 0.15) is 0 Å². The zero-order valence-corrected chi connectivity index (χ0v) is 4.16. The smallest absolute Gasteiger partial charge is 0.00874 e. The largest absolute Gasteiger partial charge is 0.800 e. The third-order valence-electron chi connectivity index (χ3n) is 0. The van der Waals surface area contributed by atoms with Crippen LogP contribution in [0.25, 0.3) is 0 Å². The molecule has 0 spiro atoms. The van der Waals surface area contributed by atoms with Crippen LogP contribution in [0.4, 0.5) is 0 Å². The SMILES string of the molecule is C.CP(C)(=O)[O-]. The molecule has 0 unspecified atom stereocenters. The highest BCUT2D eigenvalue weighted by molar-refractivity contribution is 7.54. The molecule has 0 N–H and O–H groups in total. The molecule has 0 saturated heterocycles. The minimum absolute atomic E-state index is 0. The molecule has 0 bridgehead atoms. The summed E-state index contributed by atoms with van der Waals surface area (Å²) in [5.74, 6) is 0. The Morgan fingerprint density at radius 1 is 1.50 bits per heavy atom. The lowest BCUT2D eigenvalue weighted by molar-refractivity contribution is -0.171. The van der Waals surface area contributed by atoms with Gasteiger partial charge in [0, 0.05) is 7.37 Å². The van der Waals surface area contributed by atoms with Crippen LogP contribution in [0.15, 0.2) is 0 Å². The van der Waals surface area contributed by atoms with Crippen molar-refractivity contribution < 1.29 is 9.46 Å². The van der Waals surface area contributed by atoms with E-state index in [1.165, 1.54) is 13.3 Å². The lowest BCUT2D eigenvalue weighted by atomic mass is 11.9. The minimum Gasteiger partial charge on any atom is -0.800 e. The first-order chi connectivity index (χ1) is 2.00. The fourth-order valence-electron chi connectivity index (χ4n) is 0. The highest BCUT2D eigenvalue weighted by Crippen LogP contribution is 2.20. The zero-order valence-electron chi connectivity index (χ0n) is 3.26. The maximum atomic E-state index is 9.66. The van der Waals surface area contributed by atoms with Gasteiger partial charge in [-0.15, -0.1) is 0 Å². The van der Waals surface area contributed by atoms with Gasteiger partial charge < -0.3 is 9.46 Å². The summed E-state index contributed by atoms with van der Waals surface area (Å²) in [4.78, 5) is 9.66. The van der Waals surface area contributed by atoms with Gasteiger partial charge in [-0.25, -0.2) is 0 Å². The summed E-state index contributed by atoms with van der Waals surface area (Å²) >= 11 is 0. The van der Waals surface area contributed by atoms with Crippen molar-refractivity contribution in [2.75, 3.05) is 13.3 Å². The highest BCUT2D eigenvalue weighted by Gasteiger charge is 1.76. The predicted molar refractivity (Wildman–Crippen MR) is 26.2 cm³/mol. The second kappa shape index (κ2) is 2.38. The van der Waals surface area contributed by atoms with Crippen molar-refractivity contribution in [3.8, 4) is 0 Å². The summed E-state index contributed by atoms with van der Waals surface area (Å²) in [6.07, 6.45) is 0. The molecule has 0 atom stereocenters. The predicted octanol–water partition coefficient (Wildman–Crippen LogP) is 0.520. The Morgan fingerprint density at radius 2 is 1.50 bits per heavy atom. The van der Waals surface area contributed by atoms with Crippen LogP contribution in [0.2, 0.25) is 0 Å². The van der Waals surface area contributed by atoms with Gasteiger partial charge in [-0.3, -0.25) is 0 Å². The van der Waals surface area contributed by atoms with Crippen molar-refractivity contribution in [1.82, 2.24) is 0 Å². The van der Waals surface area contributed by atoms with Crippen LogP contribution in [0, 0.1) is 0 Å². The van der Waals surface area contributed by atoms with E-state index < -0.39 is 7.37 Å². The Labute approximate surface area is 38.6 Å². The molecule has 2 nitrogen and oxygen atoms in total. The molecule has 0 rings (SSSR count). The van der Waals surface area contributed by atoms with Crippen molar-refractivity contribution >= 4 is 7.37 Å². The van der Waals surface area contributed by atoms with Gasteiger partial charge in [-0.05, 0) is 13.3 Å². The van der Waals surface area contributed by atoms with Gasteiger partial charge in [0.15, 0.2) is 0 Å². The van der Waals surface area contributed by atoms with Crippen molar-refractivity contribution in [2.45, 2.75) is 7.43 Å². The van der Waals surface area contributed by atoms with Gasteiger partial charge in [-0.2, -0.15) is 0 Å². The van der Waals surface area contributed by atoms with Crippen LogP contribution in [0.5, 0.6) is 0 Å². The average molecular weight is 109 g/mol. The van der Waals surface area contributed by atoms with Crippen molar-refractivity contribution in [3.05, 3.63) is 0 Å². The summed E-state index contributed by atoms with van der Waals surface area (Å²) in [5.41, 5.74) is 0. The fraction of sp³-hybridized carbons (Fsp3) is 1.00. The van der Waals surface area contributed by atoms with Crippen LogP contribution in [0.1, 0.15) is 7.43 Å². The summed E-state index contributed by atoms with van der Waals surface area (Å²) in [6, 6.07) is 0. The molecule has 0 saturated carbocycles. The highest BCUT2D eigenvalue weighted by atomic mass is 31.2. The second-order valence-corrected chi connectivity index (χ2v) is 3.76. The van der Waals surface area contributed by atoms with E-state index in [1.54, 1.807) is 0 Å². The summed E-state index contributed by atoms with van der Waals surface area (Å²) in [7, 11) is -2.89. The monoisotopic (exact) mass is 109 g/mol. The van der Waals surface area contributed by atoms with Crippen LogP contribution >= 0.6 is 7.37 Å². The van der Waals surface area contributed by atoms with E-state index >= 15 is 0 Å². The Hall–Kier alpha value is 0.190. The third kappa shape index (κ3) is 1180. The van der Waals surface area contributed by atoms with E-state index in [0.717, 1.165) is 0 Å². The molecule has 0 aliphatic rings. The van der Waals surface area contributed by atoms with E-state index in [0.29, 0.717) is 0 Å². The lowest BCUT2D eigenvalue weighted by Crippen LogP contribution is -1.93. The Kier molecular flexibility index (Phi) is 3.76. The van der Waals surface area contributed by atoms with Gasteiger partial charge in [0.2, 0.25) is 0 Å². The normalized spacial score (nSPS) is 9.83. The first-order valence-electron chi connectivity index (χ1n) is 1.26. The van der Waals surface area contributed by atoms with Crippen LogP contribution in [-0.2, 0) is 4.57 Å². The molecule has 0 aromatic heterocycles. The second-order valence-electron chi connectivity index (χ2n) is 1.25. The van der Waals surface area contributed by atoms with E-state index in [4.69, 9.17) is 0 Å². The van der Waals surface area contributed by atoms with Gasteiger partial charge >= 0.3 is 0 Å². The minimum atomic E-state index is -2.89. The molecule has 0 fully saturated rings. The van der Waals surface area contributed by atoms with Crippen LogP contribution in [-0.4, -0.2) is 13.3 Å². The standard InChI is InChI=1S/C2H7O2P.CH4/c1-5(2,3)4;/h1-2H3,(H,3,4);1H4/p-1. The molecule has 0 aliphatic heterocycles. The summed E-state index contributed by atoms with van der Waals surface area (Å²) in [5, 5.41) is 0. The third-order valence-corrected chi connectivity index (χ3v) is 0. The van der Waals surface area contributed by atoms with Crippen LogP contribution < -0.4 is 4.89 Å². The molecule has 0 aromatic carbocycles. The quantitative estimate of drug-likeness (QED) is 0.425. The first kappa shape index (κ1) is 9.50. The topological polar surface area (TPSA) is 40.1 Å². The lowest BCUT2D eigenvalue weighted by Gasteiger charge is -2.06. The number of rotatable bonds is 0. The molecule has 0 heterocycles. The molecule has 6 heavy (non-hydrogen) atoms.